The summed E-state index contributed by atoms with van der Waals surface area (Å²) in [5.74, 6) is 1.24. The minimum atomic E-state index is -0.762. The lowest BCUT2D eigenvalue weighted by molar-refractivity contribution is -0.130. The molecule has 0 aromatic heterocycles. The number of amides is 1. The highest BCUT2D eigenvalue weighted by molar-refractivity contribution is 6.32. The maximum Gasteiger partial charge on any atom is 0.259 e. The number of benzene rings is 2. The van der Waals surface area contributed by atoms with Gasteiger partial charge >= 0.3 is 0 Å². The number of carbonyl (C=O) groups is 1. The standard InChI is InChI=1S/C27H34ClN3O4/c1-17-18(2)24(35-16-26(32)30(3)4)11-6-19(17)15-31-21-8-9-22(31)14-27(13-21,29-33)20-7-10-23(28)25(12-20)34-5/h6-7,10-12,21-22H,8-9,13-16H2,1-5H3. The number of fused-ring (bicyclic) bond motifs is 2. The molecule has 2 heterocycles. The predicted octanol–water partition coefficient (Wildman–Crippen LogP) is 5.22. The van der Waals surface area contributed by atoms with Crippen molar-refractivity contribution in [3.05, 3.63) is 62.5 Å². The topological polar surface area (TPSA) is 71.4 Å². The van der Waals surface area contributed by atoms with E-state index in [9.17, 15) is 9.70 Å². The Hall–Kier alpha value is -2.64. The van der Waals surface area contributed by atoms with E-state index in [4.69, 9.17) is 21.1 Å². The van der Waals surface area contributed by atoms with Gasteiger partial charge in [0.25, 0.3) is 5.91 Å². The Bertz CT molecular complexity index is 1110. The summed E-state index contributed by atoms with van der Waals surface area (Å²) in [6.45, 7) is 4.99. The molecule has 0 spiro atoms. The molecule has 2 aromatic rings. The van der Waals surface area contributed by atoms with E-state index in [-0.39, 0.29) is 24.6 Å². The van der Waals surface area contributed by atoms with Gasteiger partial charge < -0.3 is 14.4 Å². The minimum absolute atomic E-state index is 0.0269. The molecule has 2 atom stereocenters. The number of halogens is 1. The van der Waals surface area contributed by atoms with Crippen molar-refractivity contribution in [3.63, 3.8) is 0 Å². The predicted molar refractivity (Wildman–Crippen MR) is 137 cm³/mol. The van der Waals surface area contributed by atoms with Gasteiger partial charge in [0.1, 0.15) is 17.0 Å². The molecule has 0 aliphatic carbocycles. The van der Waals surface area contributed by atoms with Crippen molar-refractivity contribution < 1.29 is 14.3 Å². The second-order valence-electron chi connectivity index (χ2n) is 9.99. The van der Waals surface area contributed by atoms with E-state index in [2.05, 4.69) is 23.1 Å². The number of piperidine rings is 1. The molecule has 2 saturated heterocycles. The minimum Gasteiger partial charge on any atom is -0.495 e. The summed E-state index contributed by atoms with van der Waals surface area (Å²) in [4.78, 5) is 28.2. The summed E-state index contributed by atoms with van der Waals surface area (Å²) in [7, 11) is 5.02. The number of likely N-dealkylation sites (N-methyl/N-ethyl adjacent to an activating group) is 1. The molecule has 2 bridgehead atoms. The molecule has 0 saturated carbocycles. The van der Waals surface area contributed by atoms with E-state index in [1.54, 1.807) is 27.3 Å². The average Bonchev–Trinajstić information content (AvgIpc) is 3.08. The first-order chi connectivity index (χ1) is 16.7. The van der Waals surface area contributed by atoms with Gasteiger partial charge in [0, 0.05) is 32.7 Å². The lowest BCUT2D eigenvalue weighted by Gasteiger charge is -2.43. The Labute approximate surface area is 212 Å². The highest BCUT2D eigenvalue weighted by Crippen LogP contribution is 2.49. The molecule has 0 N–H and O–H groups in total. The fourth-order valence-corrected chi connectivity index (χ4v) is 5.73. The third-order valence-corrected chi connectivity index (χ3v) is 8.15. The summed E-state index contributed by atoms with van der Waals surface area (Å²) in [6, 6.07) is 10.2. The van der Waals surface area contributed by atoms with Crippen molar-refractivity contribution >= 4 is 17.5 Å². The van der Waals surface area contributed by atoms with E-state index in [1.165, 1.54) is 16.0 Å². The van der Waals surface area contributed by atoms with Crippen LogP contribution in [0.25, 0.3) is 0 Å². The normalized spacial score (nSPS) is 23.7. The van der Waals surface area contributed by atoms with Crippen LogP contribution in [0.5, 0.6) is 11.5 Å². The molecule has 8 heteroatoms. The Morgan fingerprint density at radius 3 is 2.40 bits per heavy atom. The van der Waals surface area contributed by atoms with E-state index in [1.807, 2.05) is 25.1 Å². The molecule has 7 nitrogen and oxygen atoms in total. The van der Waals surface area contributed by atoms with E-state index >= 15 is 0 Å². The van der Waals surface area contributed by atoms with Crippen molar-refractivity contribution in [2.45, 2.75) is 63.7 Å². The fraction of sp³-hybridized carbons (Fsp3) is 0.519. The van der Waals surface area contributed by atoms with Crippen molar-refractivity contribution in [2.24, 2.45) is 5.18 Å². The van der Waals surface area contributed by atoms with Crippen LogP contribution in [-0.2, 0) is 16.9 Å². The molecular formula is C27H34ClN3O4. The number of rotatable bonds is 8. The maximum absolute atomic E-state index is 12.3. The summed E-state index contributed by atoms with van der Waals surface area (Å²) >= 11 is 6.22. The van der Waals surface area contributed by atoms with E-state index < -0.39 is 5.54 Å². The van der Waals surface area contributed by atoms with Crippen molar-refractivity contribution in [1.82, 2.24) is 9.80 Å². The van der Waals surface area contributed by atoms with Gasteiger partial charge in [0.15, 0.2) is 6.61 Å². The van der Waals surface area contributed by atoms with Crippen LogP contribution >= 0.6 is 11.6 Å². The Balaban J connectivity index is 1.51. The van der Waals surface area contributed by atoms with Gasteiger partial charge in [-0.25, -0.2) is 0 Å². The number of methoxy groups -OCH3 is 1. The smallest absolute Gasteiger partial charge is 0.259 e. The average molecular weight is 500 g/mol. The van der Waals surface area contributed by atoms with Crippen LogP contribution in [0.2, 0.25) is 5.02 Å². The van der Waals surface area contributed by atoms with Crippen LogP contribution < -0.4 is 9.47 Å². The fourth-order valence-electron chi connectivity index (χ4n) is 5.53. The Kier molecular flexibility index (Phi) is 7.38. The summed E-state index contributed by atoms with van der Waals surface area (Å²) in [5.41, 5.74) is 3.58. The Morgan fingerprint density at radius 2 is 1.80 bits per heavy atom. The molecule has 2 aliphatic heterocycles. The monoisotopic (exact) mass is 499 g/mol. The van der Waals surface area contributed by atoms with Crippen LogP contribution in [0.3, 0.4) is 0 Å². The van der Waals surface area contributed by atoms with Crippen LogP contribution in [0.15, 0.2) is 35.5 Å². The molecule has 0 radical (unpaired) electrons. The SMILES string of the molecule is COc1cc(C2(N=O)CC3CCC(C2)N3Cc2ccc(OCC(=O)N(C)C)c(C)c2C)ccc1Cl. The molecule has 4 rings (SSSR count). The first-order valence-electron chi connectivity index (χ1n) is 12.1. The van der Waals surface area contributed by atoms with Gasteiger partial charge in [-0.1, -0.05) is 28.9 Å². The first-order valence-corrected chi connectivity index (χ1v) is 12.4. The van der Waals surface area contributed by atoms with Gasteiger partial charge in [-0.3, -0.25) is 9.69 Å². The number of ether oxygens (including phenoxy) is 2. The van der Waals surface area contributed by atoms with Crippen LogP contribution in [0.4, 0.5) is 0 Å². The first kappa shape index (κ1) is 25.5. The summed E-state index contributed by atoms with van der Waals surface area (Å²) < 4.78 is 11.2. The largest absolute Gasteiger partial charge is 0.495 e. The molecule has 2 fully saturated rings. The molecule has 2 aromatic carbocycles. The third kappa shape index (κ3) is 4.89. The number of hydrogen-bond donors (Lipinski definition) is 0. The molecule has 1 amide bonds. The summed E-state index contributed by atoms with van der Waals surface area (Å²) in [5, 5.41) is 4.23. The van der Waals surface area contributed by atoms with E-state index in [0.29, 0.717) is 23.6 Å². The number of hydrogen-bond acceptors (Lipinski definition) is 6. The second kappa shape index (κ2) is 10.2. The maximum atomic E-state index is 12.3. The highest BCUT2D eigenvalue weighted by atomic mass is 35.5. The Morgan fingerprint density at radius 1 is 1.11 bits per heavy atom. The van der Waals surface area contributed by atoms with Gasteiger partial charge in [-0.2, -0.15) is 0 Å². The van der Waals surface area contributed by atoms with Crippen molar-refractivity contribution in [3.8, 4) is 11.5 Å². The van der Waals surface area contributed by atoms with Crippen molar-refractivity contribution in [2.75, 3.05) is 27.8 Å². The number of nitrogens with zero attached hydrogens (tertiary/aromatic N) is 3. The summed E-state index contributed by atoms with van der Waals surface area (Å²) in [6.07, 6.45) is 3.48. The zero-order valence-corrected chi connectivity index (χ0v) is 21.9. The van der Waals surface area contributed by atoms with Crippen LogP contribution in [0.1, 0.15) is 47.9 Å². The lowest BCUT2D eigenvalue weighted by Crippen LogP contribution is -2.48. The van der Waals surface area contributed by atoms with Gasteiger partial charge in [-0.05, 0) is 80.0 Å². The van der Waals surface area contributed by atoms with Crippen molar-refractivity contribution in [1.29, 1.82) is 0 Å². The van der Waals surface area contributed by atoms with E-state index in [0.717, 1.165) is 36.3 Å². The zero-order chi connectivity index (χ0) is 25.3. The van der Waals surface area contributed by atoms with Gasteiger partial charge in [0.05, 0.1) is 12.1 Å². The quantitative estimate of drug-likeness (QED) is 0.465. The molecule has 2 unspecified atom stereocenters. The molecule has 188 valence electrons. The number of carbonyl (C=O) groups excluding carboxylic acids is 1. The zero-order valence-electron chi connectivity index (χ0n) is 21.1. The third-order valence-electron chi connectivity index (χ3n) is 7.83. The highest BCUT2D eigenvalue weighted by Gasteiger charge is 2.50. The molecule has 35 heavy (non-hydrogen) atoms. The molecule has 2 aliphatic rings. The number of nitroso groups, excluding NO2 is 1. The van der Waals surface area contributed by atoms with Crippen LogP contribution in [-0.4, -0.2) is 55.6 Å². The molecular weight excluding hydrogens is 466 g/mol. The lowest BCUT2D eigenvalue weighted by atomic mass is 9.78. The second-order valence-corrected chi connectivity index (χ2v) is 10.4. The van der Waals surface area contributed by atoms with Crippen LogP contribution in [0, 0.1) is 18.8 Å². The van der Waals surface area contributed by atoms with Gasteiger partial charge in [-0.15, -0.1) is 4.91 Å². The van der Waals surface area contributed by atoms with Gasteiger partial charge in [0.2, 0.25) is 0 Å².